The van der Waals surface area contributed by atoms with Crippen LogP contribution in [0.5, 0.6) is 5.75 Å². The van der Waals surface area contributed by atoms with Gasteiger partial charge in [0.15, 0.2) is 12.6 Å². The highest BCUT2D eigenvalue weighted by Crippen LogP contribution is 2.44. The summed E-state index contributed by atoms with van der Waals surface area (Å²) in [6.07, 6.45) is 2.93. The molecule has 8 nitrogen and oxygen atoms in total. The predicted octanol–water partition coefficient (Wildman–Crippen LogP) is 10.8. The average Bonchev–Trinajstić information content (AvgIpc) is 3.37. The van der Waals surface area contributed by atoms with Gasteiger partial charge in [-0.2, -0.15) is 0 Å². The minimum Gasteiger partial charge on any atom is -0.468 e. The number of methoxy groups -OCH3 is 1. The third-order valence-corrected chi connectivity index (χ3v) is 18.1. The number of aromatic nitrogens is 2. The van der Waals surface area contributed by atoms with Crippen molar-refractivity contribution in [2.24, 2.45) is 0 Å². The van der Waals surface area contributed by atoms with Crippen LogP contribution in [0.2, 0.25) is 21.8 Å². The van der Waals surface area contributed by atoms with Crippen molar-refractivity contribution in [1.82, 2.24) is 14.9 Å². The number of nitrogens with zero attached hydrogens (tertiary/aromatic N) is 4. The topological polar surface area (TPSA) is 77.0 Å². The highest BCUT2D eigenvalue weighted by Gasteiger charge is 2.45. The van der Waals surface area contributed by atoms with Gasteiger partial charge in [-0.15, -0.1) is 5.54 Å². The minimum absolute atomic E-state index is 0.0141. The molecule has 2 aromatic carbocycles. The van der Waals surface area contributed by atoms with Gasteiger partial charge in [-0.25, -0.2) is 18.6 Å². The Kier molecular flexibility index (Phi) is 11.5. The summed E-state index contributed by atoms with van der Waals surface area (Å²) < 4.78 is 50.4. The number of carbonyl (C=O) groups excluding carboxylic acids is 1. The van der Waals surface area contributed by atoms with Gasteiger partial charge in [0.05, 0.1) is 17.6 Å². The third-order valence-electron chi connectivity index (χ3n) is 11.4. The summed E-state index contributed by atoms with van der Waals surface area (Å²) >= 11 is 6.80. The number of halogens is 3. The quantitative estimate of drug-likeness (QED) is 0.0761. The lowest BCUT2D eigenvalue weighted by molar-refractivity contribution is 0.0123. The predicted molar refractivity (Wildman–Crippen MR) is 220 cm³/mol. The van der Waals surface area contributed by atoms with E-state index in [4.69, 9.17) is 35.8 Å². The molecule has 12 heteroatoms. The van der Waals surface area contributed by atoms with Crippen LogP contribution in [0.4, 0.5) is 19.4 Å². The van der Waals surface area contributed by atoms with E-state index >= 15 is 8.78 Å². The molecule has 2 bridgehead atoms. The van der Waals surface area contributed by atoms with Gasteiger partial charge in [0.2, 0.25) is 0 Å². The van der Waals surface area contributed by atoms with Crippen LogP contribution in [0.25, 0.3) is 32.8 Å². The maximum atomic E-state index is 17.4. The summed E-state index contributed by atoms with van der Waals surface area (Å²) in [5, 5.41) is 2.02. The lowest BCUT2D eigenvalue weighted by Gasteiger charge is -2.42. The van der Waals surface area contributed by atoms with Gasteiger partial charge < -0.3 is 19.1 Å². The molecule has 6 rings (SSSR count). The summed E-state index contributed by atoms with van der Waals surface area (Å²) in [7, 11) is -0.752. The number of anilines is 1. The molecule has 2 aliphatic rings. The molecular weight excluding hydrogens is 738 g/mol. The summed E-state index contributed by atoms with van der Waals surface area (Å²) in [4.78, 5) is 26.6. The van der Waals surface area contributed by atoms with Crippen LogP contribution < -0.4 is 9.64 Å². The molecule has 4 heterocycles. The van der Waals surface area contributed by atoms with Gasteiger partial charge in [-0.3, -0.25) is 9.88 Å². The van der Waals surface area contributed by atoms with Crippen molar-refractivity contribution >= 4 is 53.1 Å². The van der Waals surface area contributed by atoms with E-state index in [1.165, 1.54) is 13.2 Å². The van der Waals surface area contributed by atoms with Gasteiger partial charge in [-0.05, 0) is 86.3 Å². The first kappa shape index (κ1) is 40.7. The summed E-state index contributed by atoms with van der Waals surface area (Å²) in [6.45, 7) is 21.5. The first-order valence-electron chi connectivity index (χ1n) is 19.2. The lowest BCUT2D eigenvalue weighted by Crippen LogP contribution is -2.57. The number of ether oxygens (including phenoxy) is 3. The molecule has 0 N–H and O–H groups in total. The highest BCUT2D eigenvalue weighted by atomic mass is 35.5. The first-order chi connectivity index (χ1) is 25.9. The fourth-order valence-corrected chi connectivity index (χ4v) is 14.4. The molecule has 55 heavy (non-hydrogen) atoms. The fourth-order valence-electron chi connectivity index (χ4n) is 9.02. The number of pyridine rings is 2. The largest absolute Gasteiger partial charge is 0.468 e. The molecule has 2 atom stereocenters. The van der Waals surface area contributed by atoms with E-state index in [1.807, 2.05) is 25.7 Å². The number of amides is 1. The summed E-state index contributed by atoms with van der Waals surface area (Å²) in [5.41, 5.74) is 5.07. The number of hydrogen-bond acceptors (Lipinski definition) is 7. The normalized spacial score (nSPS) is 17.5. The van der Waals surface area contributed by atoms with E-state index in [0.717, 1.165) is 12.8 Å². The van der Waals surface area contributed by atoms with E-state index in [-0.39, 0.29) is 46.8 Å². The number of piperazine rings is 1. The summed E-state index contributed by atoms with van der Waals surface area (Å²) in [6, 6.07) is 6.33. The average molecular weight is 791 g/mol. The SMILES string of the molecule is COCOc1cc(-c2ncc3c(N4CC5CCC(C4)N5C(=O)OC(C)(C)C)nc(Cl)c(C)c3c2F)c2c(C#C[Si](C(C)C)(C(C)C)C(C)C)c(F)ccc2c1. The van der Waals surface area contributed by atoms with Gasteiger partial charge >= 0.3 is 6.09 Å². The molecule has 2 aromatic heterocycles. The second-order valence-electron chi connectivity index (χ2n) is 16.9. The van der Waals surface area contributed by atoms with Crippen LogP contribution in [-0.4, -0.2) is 73.7 Å². The highest BCUT2D eigenvalue weighted by molar-refractivity contribution is 6.90. The Morgan fingerprint density at radius 1 is 1.02 bits per heavy atom. The monoisotopic (exact) mass is 790 g/mol. The maximum absolute atomic E-state index is 17.4. The standard InChI is InChI=1S/C43H53ClF2N4O4Si/c1-24(2)55(25(3)4,26(5)6)17-16-32-35(45)15-12-28-18-31(53-23-52-11)19-33(37(28)32)39-38(46)36-27(7)40(44)48-41(34(36)20-47-39)49-21-29-13-14-30(22-49)50(29)42(51)54-43(8,9)10/h12,15,18-20,24-26,29-30H,13-14,21-23H2,1-11H3. The van der Waals surface area contributed by atoms with Crippen LogP contribution in [-0.2, 0) is 9.47 Å². The molecule has 294 valence electrons. The van der Waals surface area contributed by atoms with Crippen LogP contribution >= 0.6 is 11.6 Å². The van der Waals surface area contributed by atoms with Crippen LogP contribution in [0, 0.1) is 30.0 Å². The van der Waals surface area contributed by atoms with Crippen LogP contribution in [0.15, 0.2) is 30.5 Å². The lowest BCUT2D eigenvalue weighted by atomic mass is 9.95. The van der Waals surface area contributed by atoms with Crippen molar-refractivity contribution in [2.45, 2.75) is 116 Å². The van der Waals surface area contributed by atoms with Gasteiger partial charge in [0, 0.05) is 48.1 Å². The van der Waals surface area contributed by atoms with Gasteiger partial charge in [-0.1, -0.05) is 65.1 Å². The van der Waals surface area contributed by atoms with E-state index in [9.17, 15) is 4.79 Å². The van der Waals surface area contributed by atoms with Gasteiger partial charge in [0.1, 0.15) is 41.9 Å². The number of hydrogen-bond donors (Lipinski definition) is 0. The number of fused-ring (bicyclic) bond motifs is 4. The Hall–Kier alpha value is -3.98. The fraction of sp³-hybridized carbons (Fsp3) is 0.512. The number of rotatable bonds is 8. The minimum atomic E-state index is -2.27. The van der Waals surface area contributed by atoms with Crippen LogP contribution in [0.3, 0.4) is 0 Å². The molecule has 2 fully saturated rings. The Morgan fingerprint density at radius 3 is 2.24 bits per heavy atom. The zero-order chi connectivity index (χ0) is 40.1. The molecule has 2 aliphatic heterocycles. The van der Waals surface area contributed by atoms with Crippen LogP contribution in [0.1, 0.15) is 86.3 Å². The Labute approximate surface area is 329 Å². The number of carbonyl (C=O) groups is 1. The number of benzene rings is 2. The first-order valence-corrected chi connectivity index (χ1v) is 21.8. The second-order valence-corrected chi connectivity index (χ2v) is 22.9. The molecule has 1 amide bonds. The smallest absolute Gasteiger partial charge is 0.410 e. The van der Waals surface area contributed by atoms with Crippen molar-refractivity contribution in [3.63, 3.8) is 0 Å². The molecule has 0 aliphatic carbocycles. The molecule has 2 saturated heterocycles. The molecule has 0 saturated carbocycles. The molecule has 2 unspecified atom stereocenters. The van der Waals surface area contributed by atoms with Crippen molar-refractivity contribution in [1.29, 1.82) is 0 Å². The van der Waals surface area contributed by atoms with Crippen molar-refractivity contribution in [3.05, 3.63) is 58.4 Å². The Bertz CT molecular complexity index is 2160. The molecule has 0 radical (unpaired) electrons. The Morgan fingerprint density at radius 2 is 1.65 bits per heavy atom. The third kappa shape index (κ3) is 7.50. The molecule has 4 aromatic rings. The zero-order valence-corrected chi connectivity index (χ0v) is 35.6. The maximum Gasteiger partial charge on any atom is 0.410 e. The van der Waals surface area contributed by atoms with Crippen molar-refractivity contribution in [3.8, 4) is 28.5 Å². The van der Waals surface area contributed by atoms with Crippen molar-refractivity contribution in [2.75, 3.05) is 31.9 Å². The van der Waals surface area contributed by atoms with E-state index in [0.29, 0.717) is 68.6 Å². The second kappa shape index (κ2) is 15.5. The summed E-state index contributed by atoms with van der Waals surface area (Å²) in [5.74, 6) is 3.14. The van der Waals surface area contributed by atoms with Crippen molar-refractivity contribution < 1.29 is 27.8 Å². The molecule has 0 spiro atoms. The van der Waals surface area contributed by atoms with E-state index in [2.05, 4.69) is 57.9 Å². The van der Waals surface area contributed by atoms with E-state index < -0.39 is 25.3 Å². The zero-order valence-electron chi connectivity index (χ0n) is 33.9. The molecular formula is C43H53ClF2N4O4Si. The van der Waals surface area contributed by atoms with E-state index in [1.54, 1.807) is 31.3 Å². The Balaban J connectivity index is 1.53. The van der Waals surface area contributed by atoms with Gasteiger partial charge in [0.25, 0.3) is 0 Å². The number of aryl methyl sites for hydroxylation is 1.